The second-order valence-corrected chi connectivity index (χ2v) is 10.4. The second-order valence-electron chi connectivity index (χ2n) is 10.4. The molecule has 0 amide bonds. The molecule has 5 rings (SSSR count). The zero-order chi connectivity index (χ0) is 21.4. The standard InChI is InChI=1S/C23H42N2O5/c1-16-8-9-19-17(2)20(26-15-7-13-24-12-6-14-25(4)5)27-21-23(19)18(16)10-11-22(3,28-21)29-30-23/h16-21,24H,6-15H2,1-5H3/t16-,17-,18+,19+,20+,21-,22-,23-/m1/s1. The highest BCUT2D eigenvalue weighted by molar-refractivity contribution is 5.09. The number of fused-ring (bicyclic) bond motifs is 2. The zero-order valence-corrected chi connectivity index (χ0v) is 19.5. The van der Waals surface area contributed by atoms with Crippen molar-refractivity contribution in [3.05, 3.63) is 0 Å². The molecule has 4 heterocycles. The highest BCUT2D eigenvalue weighted by Gasteiger charge is 2.69. The van der Waals surface area contributed by atoms with Crippen molar-refractivity contribution < 1.29 is 24.0 Å². The summed E-state index contributed by atoms with van der Waals surface area (Å²) in [4.78, 5) is 14.3. The lowest BCUT2D eigenvalue weighted by Gasteiger charge is -2.60. The van der Waals surface area contributed by atoms with Crippen LogP contribution in [0.15, 0.2) is 0 Å². The Morgan fingerprint density at radius 1 is 1.03 bits per heavy atom. The van der Waals surface area contributed by atoms with E-state index in [0.717, 1.165) is 45.3 Å². The maximum absolute atomic E-state index is 6.45. The molecule has 1 N–H and O–H groups in total. The lowest BCUT2D eigenvalue weighted by molar-refractivity contribution is -0.577. The van der Waals surface area contributed by atoms with Gasteiger partial charge in [0, 0.05) is 18.3 Å². The molecule has 4 saturated heterocycles. The van der Waals surface area contributed by atoms with E-state index in [1.54, 1.807) is 0 Å². The van der Waals surface area contributed by atoms with Gasteiger partial charge in [-0.2, -0.15) is 0 Å². The van der Waals surface area contributed by atoms with Gasteiger partial charge in [0.2, 0.25) is 5.79 Å². The minimum absolute atomic E-state index is 0.249. The van der Waals surface area contributed by atoms with E-state index in [1.165, 1.54) is 12.8 Å². The summed E-state index contributed by atoms with van der Waals surface area (Å²) < 4.78 is 19.1. The molecule has 174 valence electrons. The fourth-order valence-corrected chi connectivity index (χ4v) is 6.10. The normalized spacial score (nSPS) is 45.4. The van der Waals surface area contributed by atoms with Crippen LogP contribution in [-0.2, 0) is 24.0 Å². The molecule has 7 heteroatoms. The fraction of sp³-hybridized carbons (Fsp3) is 1.00. The lowest BCUT2D eigenvalue weighted by Crippen LogP contribution is -2.70. The highest BCUT2D eigenvalue weighted by Crippen LogP contribution is 2.60. The van der Waals surface area contributed by atoms with Crippen molar-refractivity contribution in [2.75, 3.05) is 40.3 Å². The molecule has 5 fully saturated rings. The summed E-state index contributed by atoms with van der Waals surface area (Å²) in [5.74, 6) is 0.843. The molecule has 1 spiro atoms. The molecule has 0 radical (unpaired) electrons. The van der Waals surface area contributed by atoms with Crippen molar-refractivity contribution in [3.63, 3.8) is 0 Å². The van der Waals surface area contributed by atoms with Gasteiger partial charge in [-0.1, -0.05) is 13.8 Å². The summed E-state index contributed by atoms with van der Waals surface area (Å²) in [6.07, 6.45) is 5.71. The third-order valence-electron chi connectivity index (χ3n) is 7.84. The number of ether oxygens (including phenoxy) is 3. The molecule has 30 heavy (non-hydrogen) atoms. The van der Waals surface area contributed by atoms with E-state index in [1.807, 2.05) is 6.92 Å². The molecular weight excluding hydrogens is 384 g/mol. The number of nitrogens with one attached hydrogen (secondary N) is 1. The summed E-state index contributed by atoms with van der Waals surface area (Å²) in [5.41, 5.74) is -0.499. The van der Waals surface area contributed by atoms with Gasteiger partial charge in [0.05, 0.1) is 6.61 Å². The maximum Gasteiger partial charge on any atom is 0.201 e. The third-order valence-corrected chi connectivity index (χ3v) is 7.84. The van der Waals surface area contributed by atoms with Crippen LogP contribution in [-0.4, -0.2) is 69.2 Å². The second kappa shape index (κ2) is 9.30. The SMILES string of the molecule is C[C@H]1[C@@H](OCCCNCCCN(C)C)O[C@@H]2O[C@@]3(C)CC[C@H]4[C@H](C)CC[C@@H]1[C@@]24OO3. The van der Waals surface area contributed by atoms with E-state index in [9.17, 15) is 0 Å². The summed E-state index contributed by atoms with van der Waals surface area (Å²) >= 11 is 0. The van der Waals surface area contributed by atoms with Crippen LogP contribution in [0.25, 0.3) is 0 Å². The molecular formula is C23H42N2O5. The summed E-state index contributed by atoms with van der Waals surface area (Å²) in [6.45, 7) is 10.4. The highest BCUT2D eigenvalue weighted by atomic mass is 17.3. The Labute approximate surface area is 182 Å². The zero-order valence-electron chi connectivity index (χ0n) is 19.5. The van der Waals surface area contributed by atoms with Crippen molar-refractivity contribution in [3.8, 4) is 0 Å². The largest absolute Gasteiger partial charge is 0.352 e. The summed E-state index contributed by atoms with van der Waals surface area (Å²) in [5, 5.41) is 3.50. The van der Waals surface area contributed by atoms with Crippen LogP contribution in [0.5, 0.6) is 0 Å². The van der Waals surface area contributed by atoms with Gasteiger partial charge in [0.15, 0.2) is 18.2 Å². The third kappa shape index (κ3) is 4.32. The Morgan fingerprint density at radius 2 is 1.83 bits per heavy atom. The topological polar surface area (TPSA) is 61.4 Å². The first kappa shape index (κ1) is 22.9. The quantitative estimate of drug-likeness (QED) is 0.449. The number of hydrogen-bond donors (Lipinski definition) is 1. The van der Waals surface area contributed by atoms with Gasteiger partial charge in [0.1, 0.15) is 0 Å². The summed E-state index contributed by atoms with van der Waals surface area (Å²) in [7, 11) is 4.22. The van der Waals surface area contributed by atoms with Crippen molar-refractivity contribution in [1.29, 1.82) is 0 Å². The Bertz CT molecular complexity index is 578. The molecule has 4 aliphatic heterocycles. The van der Waals surface area contributed by atoms with Crippen LogP contribution in [0.4, 0.5) is 0 Å². The molecule has 5 aliphatic rings. The minimum atomic E-state index is -0.723. The van der Waals surface area contributed by atoms with Gasteiger partial charge in [-0.15, -0.1) is 0 Å². The average Bonchev–Trinajstić information content (AvgIpc) is 2.93. The van der Waals surface area contributed by atoms with Crippen molar-refractivity contribution in [2.45, 2.75) is 83.3 Å². The van der Waals surface area contributed by atoms with E-state index in [-0.39, 0.29) is 12.2 Å². The summed E-state index contributed by atoms with van der Waals surface area (Å²) in [6, 6.07) is 0. The van der Waals surface area contributed by atoms with Gasteiger partial charge in [0.25, 0.3) is 0 Å². The van der Waals surface area contributed by atoms with Gasteiger partial charge >= 0.3 is 0 Å². The molecule has 2 bridgehead atoms. The first-order valence-electron chi connectivity index (χ1n) is 12.0. The smallest absolute Gasteiger partial charge is 0.201 e. The van der Waals surface area contributed by atoms with Crippen LogP contribution in [0.2, 0.25) is 0 Å². The number of hydrogen-bond acceptors (Lipinski definition) is 7. The van der Waals surface area contributed by atoms with Crippen LogP contribution >= 0.6 is 0 Å². The van der Waals surface area contributed by atoms with E-state index in [0.29, 0.717) is 24.4 Å². The molecule has 1 saturated carbocycles. The number of rotatable bonds is 9. The lowest BCUT2D eigenvalue weighted by atomic mass is 9.58. The molecule has 0 aromatic heterocycles. The van der Waals surface area contributed by atoms with E-state index < -0.39 is 17.7 Å². The molecule has 7 nitrogen and oxygen atoms in total. The Morgan fingerprint density at radius 3 is 2.63 bits per heavy atom. The predicted molar refractivity (Wildman–Crippen MR) is 113 cm³/mol. The van der Waals surface area contributed by atoms with Crippen molar-refractivity contribution in [1.82, 2.24) is 10.2 Å². The maximum atomic E-state index is 6.45. The van der Waals surface area contributed by atoms with Crippen molar-refractivity contribution >= 4 is 0 Å². The van der Waals surface area contributed by atoms with Crippen LogP contribution in [0.1, 0.15) is 59.3 Å². The fourth-order valence-electron chi connectivity index (χ4n) is 6.10. The van der Waals surface area contributed by atoms with Gasteiger partial charge in [-0.25, -0.2) is 9.78 Å². The molecule has 1 aliphatic carbocycles. The van der Waals surface area contributed by atoms with Crippen LogP contribution in [0, 0.1) is 23.7 Å². The van der Waals surface area contributed by atoms with Crippen molar-refractivity contribution in [2.24, 2.45) is 23.7 Å². The Kier molecular flexibility index (Phi) is 7.10. The number of nitrogens with zero attached hydrogens (tertiary/aromatic N) is 1. The molecule has 0 unspecified atom stereocenters. The van der Waals surface area contributed by atoms with Crippen LogP contribution < -0.4 is 5.32 Å². The van der Waals surface area contributed by atoms with Gasteiger partial charge < -0.3 is 24.4 Å². The predicted octanol–water partition coefficient (Wildman–Crippen LogP) is 3.14. The monoisotopic (exact) mass is 426 g/mol. The van der Waals surface area contributed by atoms with Crippen LogP contribution in [0.3, 0.4) is 0 Å². The molecule has 0 aromatic carbocycles. The first-order chi connectivity index (χ1) is 14.4. The minimum Gasteiger partial charge on any atom is -0.352 e. The van der Waals surface area contributed by atoms with Gasteiger partial charge in [-0.05, 0) is 84.6 Å². The molecule has 0 aromatic rings. The van der Waals surface area contributed by atoms with E-state index in [4.69, 9.17) is 24.0 Å². The van der Waals surface area contributed by atoms with E-state index >= 15 is 0 Å². The first-order valence-corrected chi connectivity index (χ1v) is 12.0. The average molecular weight is 427 g/mol. The Balaban J connectivity index is 1.33. The Hall–Kier alpha value is -0.280. The molecule has 8 atom stereocenters. The van der Waals surface area contributed by atoms with Gasteiger partial charge in [-0.3, -0.25) is 0 Å². The van der Waals surface area contributed by atoms with E-state index in [2.05, 4.69) is 38.2 Å².